The van der Waals surface area contributed by atoms with Crippen LogP contribution in [-0.4, -0.2) is 23.4 Å². The molecule has 3 rings (SSSR count). The van der Waals surface area contributed by atoms with Gasteiger partial charge in [0.05, 0.1) is 11.3 Å². The van der Waals surface area contributed by atoms with Gasteiger partial charge < -0.3 is 10.1 Å². The van der Waals surface area contributed by atoms with Gasteiger partial charge in [-0.15, -0.1) is 0 Å². The number of rotatable bonds is 6. The molecule has 0 aliphatic rings. The Hall–Kier alpha value is -3.45. The molecule has 0 spiro atoms. The topological polar surface area (TPSA) is 98.5 Å². The number of carbonyl (C=O) groups excluding carboxylic acids is 2. The summed E-state index contributed by atoms with van der Waals surface area (Å²) in [5.74, 6) is -1.27. The number of ether oxygens (including phenoxy) is 1. The SMILES string of the molecule is O=C(COC(=O)Cc1ccc2ccccc2c1)Nc1cc(Cl)ccc1[N+](=O)[O-]. The van der Waals surface area contributed by atoms with Crippen molar-refractivity contribution in [2.45, 2.75) is 6.42 Å². The summed E-state index contributed by atoms with van der Waals surface area (Å²) in [5.41, 5.74) is 0.392. The zero-order valence-electron chi connectivity index (χ0n) is 14.6. The first-order valence-electron chi connectivity index (χ1n) is 8.29. The first-order chi connectivity index (χ1) is 13.4. The molecule has 0 bridgehead atoms. The van der Waals surface area contributed by atoms with Crippen molar-refractivity contribution in [2.24, 2.45) is 0 Å². The molecule has 3 aromatic carbocycles. The number of halogens is 1. The predicted octanol–water partition coefficient (Wildman–Crippen LogP) is 4.13. The normalized spacial score (nSPS) is 10.5. The third-order valence-electron chi connectivity index (χ3n) is 3.96. The van der Waals surface area contributed by atoms with Crippen LogP contribution in [0.25, 0.3) is 10.8 Å². The maximum atomic E-state index is 12.0. The van der Waals surface area contributed by atoms with Crippen molar-refractivity contribution in [2.75, 3.05) is 11.9 Å². The van der Waals surface area contributed by atoms with Crippen LogP contribution in [0.1, 0.15) is 5.56 Å². The predicted molar refractivity (Wildman–Crippen MR) is 105 cm³/mol. The van der Waals surface area contributed by atoms with Crippen LogP contribution in [0, 0.1) is 10.1 Å². The van der Waals surface area contributed by atoms with Gasteiger partial charge in [0.15, 0.2) is 6.61 Å². The van der Waals surface area contributed by atoms with Crippen LogP contribution < -0.4 is 5.32 Å². The van der Waals surface area contributed by atoms with Gasteiger partial charge in [-0.3, -0.25) is 19.7 Å². The minimum absolute atomic E-state index is 0.00935. The van der Waals surface area contributed by atoms with Gasteiger partial charge in [-0.25, -0.2) is 0 Å². The van der Waals surface area contributed by atoms with Crippen LogP contribution in [0.3, 0.4) is 0 Å². The molecule has 0 atom stereocenters. The highest BCUT2D eigenvalue weighted by molar-refractivity contribution is 6.31. The number of nitrogens with one attached hydrogen (secondary N) is 1. The van der Waals surface area contributed by atoms with E-state index in [1.165, 1.54) is 18.2 Å². The van der Waals surface area contributed by atoms with E-state index in [-0.39, 0.29) is 22.8 Å². The molecule has 142 valence electrons. The van der Waals surface area contributed by atoms with Crippen molar-refractivity contribution in [3.8, 4) is 0 Å². The zero-order valence-corrected chi connectivity index (χ0v) is 15.3. The van der Waals surface area contributed by atoms with Crippen molar-refractivity contribution in [3.05, 3.63) is 81.4 Å². The Balaban J connectivity index is 1.57. The summed E-state index contributed by atoms with van der Waals surface area (Å²) in [4.78, 5) is 34.3. The molecule has 0 saturated carbocycles. The van der Waals surface area contributed by atoms with Crippen LogP contribution in [-0.2, 0) is 20.7 Å². The fraction of sp³-hybridized carbons (Fsp3) is 0.100. The molecule has 0 aromatic heterocycles. The minimum atomic E-state index is -0.697. The second kappa shape index (κ2) is 8.49. The summed E-state index contributed by atoms with van der Waals surface area (Å²) < 4.78 is 4.97. The monoisotopic (exact) mass is 398 g/mol. The Bertz CT molecular complexity index is 1070. The summed E-state index contributed by atoms with van der Waals surface area (Å²) in [7, 11) is 0. The molecule has 1 N–H and O–H groups in total. The van der Waals surface area contributed by atoms with Gasteiger partial charge in [0, 0.05) is 11.1 Å². The lowest BCUT2D eigenvalue weighted by Crippen LogP contribution is -2.22. The Morgan fingerprint density at radius 1 is 1.04 bits per heavy atom. The van der Waals surface area contributed by atoms with Crippen LogP contribution >= 0.6 is 11.6 Å². The molecular weight excluding hydrogens is 384 g/mol. The molecule has 8 heteroatoms. The molecule has 0 saturated heterocycles. The van der Waals surface area contributed by atoms with E-state index in [0.717, 1.165) is 16.3 Å². The van der Waals surface area contributed by atoms with Crippen molar-refractivity contribution >= 4 is 45.6 Å². The number of nitro groups is 1. The van der Waals surface area contributed by atoms with E-state index < -0.39 is 23.4 Å². The van der Waals surface area contributed by atoms with Gasteiger partial charge in [0.2, 0.25) is 0 Å². The van der Waals surface area contributed by atoms with Gasteiger partial charge in [-0.1, -0.05) is 54.1 Å². The number of anilines is 1. The fourth-order valence-electron chi connectivity index (χ4n) is 2.67. The van der Waals surface area contributed by atoms with Gasteiger partial charge in [0.1, 0.15) is 5.69 Å². The third kappa shape index (κ3) is 4.83. The van der Waals surface area contributed by atoms with E-state index in [9.17, 15) is 19.7 Å². The Morgan fingerprint density at radius 3 is 2.54 bits per heavy atom. The molecule has 0 fully saturated rings. The van der Waals surface area contributed by atoms with E-state index in [2.05, 4.69) is 5.32 Å². The van der Waals surface area contributed by atoms with E-state index in [4.69, 9.17) is 16.3 Å². The standard InChI is InChI=1S/C20H15ClN2O5/c21-16-7-8-18(23(26)27)17(11-16)22-19(24)12-28-20(25)10-13-5-6-14-3-1-2-4-15(14)9-13/h1-9,11H,10,12H2,(H,22,24). The highest BCUT2D eigenvalue weighted by atomic mass is 35.5. The largest absolute Gasteiger partial charge is 0.455 e. The van der Waals surface area contributed by atoms with E-state index >= 15 is 0 Å². The van der Waals surface area contributed by atoms with Gasteiger partial charge in [-0.2, -0.15) is 0 Å². The molecule has 0 unspecified atom stereocenters. The van der Waals surface area contributed by atoms with E-state index in [0.29, 0.717) is 0 Å². The highest BCUT2D eigenvalue weighted by Crippen LogP contribution is 2.27. The van der Waals surface area contributed by atoms with Crippen molar-refractivity contribution in [1.29, 1.82) is 0 Å². The molecule has 1 amide bonds. The number of nitro benzene ring substituents is 1. The Kier molecular flexibility index (Phi) is 5.86. The van der Waals surface area contributed by atoms with Gasteiger partial charge >= 0.3 is 5.97 Å². The maximum Gasteiger partial charge on any atom is 0.310 e. The lowest BCUT2D eigenvalue weighted by molar-refractivity contribution is -0.383. The maximum absolute atomic E-state index is 12.0. The lowest BCUT2D eigenvalue weighted by Gasteiger charge is -2.08. The number of fused-ring (bicyclic) bond motifs is 1. The summed E-state index contributed by atoms with van der Waals surface area (Å²) in [6, 6.07) is 17.1. The summed E-state index contributed by atoms with van der Waals surface area (Å²) in [6.45, 7) is -0.559. The summed E-state index contributed by atoms with van der Waals surface area (Å²) in [5, 5.41) is 15.6. The molecule has 0 heterocycles. The van der Waals surface area contributed by atoms with Crippen LogP contribution in [0.15, 0.2) is 60.7 Å². The summed E-state index contributed by atoms with van der Waals surface area (Å²) >= 11 is 5.80. The van der Waals surface area contributed by atoms with Gasteiger partial charge in [0.25, 0.3) is 11.6 Å². The Morgan fingerprint density at radius 2 is 1.79 bits per heavy atom. The highest BCUT2D eigenvalue weighted by Gasteiger charge is 2.17. The zero-order chi connectivity index (χ0) is 20.1. The molecule has 7 nitrogen and oxygen atoms in total. The first kappa shape index (κ1) is 19.3. The number of hydrogen-bond donors (Lipinski definition) is 1. The number of nitrogens with zero attached hydrogens (tertiary/aromatic N) is 1. The molecular formula is C20H15ClN2O5. The third-order valence-corrected chi connectivity index (χ3v) is 4.19. The van der Waals surface area contributed by atoms with Gasteiger partial charge in [-0.05, 0) is 28.5 Å². The number of hydrogen-bond acceptors (Lipinski definition) is 5. The fourth-order valence-corrected chi connectivity index (χ4v) is 2.84. The first-order valence-corrected chi connectivity index (χ1v) is 8.67. The van der Waals surface area contributed by atoms with Crippen LogP contribution in [0.2, 0.25) is 5.02 Å². The smallest absolute Gasteiger partial charge is 0.310 e. The lowest BCUT2D eigenvalue weighted by atomic mass is 10.1. The summed E-state index contributed by atoms with van der Waals surface area (Å²) in [6.07, 6.45) is 0.00935. The van der Waals surface area contributed by atoms with Crippen LogP contribution in [0.5, 0.6) is 0 Å². The Labute approximate surface area is 165 Å². The molecule has 0 aliphatic heterocycles. The number of benzene rings is 3. The quantitative estimate of drug-likeness (QED) is 0.382. The molecule has 0 aliphatic carbocycles. The molecule has 28 heavy (non-hydrogen) atoms. The van der Waals surface area contributed by atoms with Crippen LogP contribution in [0.4, 0.5) is 11.4 Å². The van der Waals surface area contributed by atoms with E-state index in [1.54, 1.807) is 0 Å². The van der Waals surface area contributed by atoms with Crippen molar-refractivity contribution in [1.82, 2.24) is 0 Å². The molecule has 3 aromatic rings. The van der Waals surface area contributed by atoms with Crippen molar-refractivity contribution < 1.29 is 19.2 Å². The minimum Gasteiger partial charge on any atom is -0.455 e. The average molecular weight is 399 g/mol. The second-order valence-corrected chi connectivity index (χ2v) is 6.42. The number of esters is 1. The van der Waals surface area contributed by atoms with E-state index in [1.807, 2.05) is 42.5 Å². The second-order valence-electron chi connectivity index (χ2n) is 5.99. The average Bonchev–Trinajstić information content (AvgIpc) is 2.66. The molecule has 0 radical (unpaired) electrons. The number of carbonyl (C=O) groups is 2. The van der Waals surface area contributed by atoms with Crippen molar-refractivity contribution in [3.63, 3.8) is 0 Å². The number of amides is 1.